The molecule has 8 nitrogen and oxygen atoms in total. The van der Waals surface area contributed by atoms with Crippen LogP contribution in [0.2, 0.25) is 0 Å². The van der Waals surface area contributed by atoms with Gasteiger partial charge in [-0.2, -0.15) is 4.80 Å². The predicted molar refractivity (Wildman–Crippen MR) is 113 cm³/mol. The Hall–Kier alpha value is -4.07. The third kappa shape index (κ3) is 3.75. The number of methoxy groups -OCH3 is 3. The van der Waals surface area contributed by atoms with Gasteiger partial charge in [-0.05, 0) is 60.7 Å². The lowest BCUT2D eigenvalue weighted by Gasteiger charge is -2.10. The van der Waals surface area contributed by atoms with E-state index < -0.39 is 0 Å². The van der Waals surface area contributed by atoms with Crippen molar-refractivity contribution in [3.8, 4) is 22.9 Å². The molecule has 0 bridgehead atoms. The maximum absolute atomic E-state index is 12.6. The quantitative estimate of drug-likeness (QED) is 0.527. The molecule has 0 unspecified atom stereocenters. The SMILES string of the molecule is COc1ccc(-n2nc3ccc(NC(=O)c4ccc(OC)c(OC)c4)cc3n2)cc1. The van der Waals surface area contributed by atoms with Crippen molar-refractivity contribution in [3.05, 3.63) is 66.2 Å². The second-order valence-electron chi connectivity index (χ2n) is 6.41. The Morgan fingerprint density at radius 3 is 2.23 bits per heavy atom. The van der Waals surface area contributed by atoms with E-state index in [9.17, 15) is 4.79 Å². The molecule has 0 fully saturated rings. The standard InChI is InChI=1S/C22H20N4O4/c1-28-17-8-6-16(7-9-17)26-24-18-10-5-15(13-19(18)25-26)23-22(27)14-4-11-20(29-2)21(12-14)30-3/h4-13H,1-3H3,(H,23,27). The summed E-state index contributed by atoms with van der Waals surface area (Å²) in [5.74, 6) is 1.54. The summed E-state index contributed by atoms with van der Waals surface area (Å²) in [7, 11) is 4.69. The zero-order valence-corrected chi connectivity index (χ0v) is 16.7. The van der Waals surface area contributed by atoms with Gasteiger partial charge in [-0.1, -0.05) is 0 Å². The number of carbonyl (C=O) groups is 1. The van der Waals surface area contributed by atoms with Crippen LogP contribution in [0.3, 0.4) is 0 Å². The van der Waals surface area contributed by atoms with Crippen LogP contribution in [0.15, 0.2) is 60.7 Å². The lowest BCUT2D eigenvalue weighted by atomic mass is 10.1. The highest BCUT2D eigenvalue weighted by atomic mass is 16.5. The molecule has 1 amide bonds. The first kappa shape index (κ1) is 19.3. The summed E-state index contributed by atoms with van der Waals surface area (Å²) in [5, 5.41) is 11.9. The predicted octanol–water partition coefficient (Wildman–Crippen LogP) is 3.70. The Bertz CT molecular complexity index is 1200. The molecular weight excluding hydrogens is 384 g/mol. The molecule has 8 heteroatoms. The Morgan fingerprint density at radius 2 is 1.53 bits per heavy atom. The number of ether oxygens (including phenoxy) is 3. The maximum Gasteiger partial charge on any atom is 0.255 e. The lowest BCUT2D eigenvalue weighted by Crippen LogP contribution is -2.12. The molecule has 0 spiro atoms. The van der Waals surface area contributed by atoms with E-state index in [1.165, 1.54) is 7.11 Å². The lowest BCUT2D eigenvalue weighted by molar-refractivity contribution is 0.102. The molecule has 152 valence electrons. The van der Waals surface area contributed by atoms with Crippen molar-refractivity contribution in [2.45, 2.75) is 0 Å². The number of rotatable bonds is 6. The van der Waals surface area contributed by atoms with Gasteiger partial charge in [0.2, 0.25) is 0 Å². The van der Waals surface area contributed by atoms with Gasteiger partial charge in [-0.25, -0.2) is 0 Å². The summed E-state index contributed by atoms with van der Waals surface area (Å²) in [6.07, 6.45) is 0. The molecule has 0 saturated heterocycles. The van der Waals surface area contributed by atoms with Gasteiger partial charge in [0.25, 0.3) is 5.91 Å². The number of nitrogens with one attached hydrogen (secondary N) is 1. The van der Waals surface area contributed by atoms with Crippen LogP contribution in [0.4, 0.5) is 5.69 Å². The van der Waals surface area contributed by atoms with Crippen LogP contribution in [-0.4, -0.2) is 42.2 Å². The van der Waals surface area contributed by atoms with Crippen LogP contribution in [0.5, 0.6) is 17.2 Å². The topological polar surface area (TPSA) is 87.5 Å². The van der Waals surface area contributed by atoms with Gasteiger partial charge >= 0.3 is 0 Å². The minimum Gasteiger partial charge on any atom is -0.497 e. The van der Waals surface area contributed by atoms with Gasteiger partial charge in [0.15, 0.2) is 11.5 Å². The monoisotopic (exact) mass is 404 g/mol. The van der Waals surface area contributed by atoms with Crippen LogP contribution in [0, 0.1) is 0 Å². The van der Waals surface area contributed by atoms with Crippen molar-refractivity contribution < 1.29 is 19.0 Å². The van der Waals surface area contributed by atoms with Gasteiger partial charge in [0, 0.05) is 11.3 Å². The fourth-order valence-corrected chi connectivity index (χ4v) is 3.00. The zero-order valence-electron chi connectivity index (χ0n) is 16.7. The molecule has 1 heterocycles. The highest BCUT2D eigenvalue weighted by Gasteiger charge is 2.12. The van der Waals surface area contributed by atoms with Crippen molar-refractivity contribution in [3.63, 3.8) is 0 Å². The minimum atomic E-state index is -0.266. The van der Waals surface area contributed by atoms with Crippen LogP contribution in [-0.2, 0) is 0 Å². The second-order valence-corrected chi connectivity index (χ2v) is 6.41. The van der Waals surface area contributed by atoms with Crippen molar-refractivity contribution in [1.29, 1.82) is 0 Å². The fourth-order valence-electron chi connectivity index (χ4n) is 3.00. The highest BCUT2D eigenvalue weighted by Crippen LogP contribution is 2.28. The van der Waals surface area contributed by atoms with Crippen LogP contribution in [0.1, 0.15) is 10.4 Å². The summed E-state index contributed by atoms with van der Waals surface area (Å²) in [5.41, 5.74) is 3.26. The molecule has 0 aliphatic carbocycles. The summed E-state index contributed by atoms with van der Waals surface area (Å²) in [6.45, 7) is 0. The number of carbonyl (C=O) groups excluding carboxylic acids is 1. The number of amides is 1. The van der Waals surface area contributed by atoms with E-state index in [0.29, 0.717) is 28.3 Å². The number of hydrogen-bond acceptors (Lipinski definition) is 6. The molecule has 1 N–H and O–H groups in total. The summed E-state index contributed by atoms with van der Waals surface area (Å²) < 4.78 is 15.6. The number of aromatic nitrogens is 3. The molecule has 0 aliphatic heterocycles. The first-order valence-electron chi connectivity index (χ1n) is 9.16. The first-order chi connectivity index (χ1) is 14.6. The van der Waals surface area contributed by atoms with Crippen molar-refractivity contribution in [2.75, 3.05) is 26.6 Å². The maximum atomic E-state index is 12.6. The van der Waals surface area contributed by atoms with E-state index >= 15 is 0 Å². The van der Waals surface area contributed by atoms with Gasteiger partial charge < -0.3 is 19.5 Å². The summed E-state index contributed by atoms with van der Waals surface area (Å²) >= 11 is 0. The molecule has 4 aromatic rings. The Kier molecular flexibility index (Phi) is 5.21. The Labute approximate surface area is 173 Å². The molecular formula is C22H20N4O4. The summed E-state index contributed by atoms with van der Waals surface area (Å²) in [4.78, 5) is 14.2. The summed E-state index contributed by atoms with van der Waals surface area (Å²) in [6, 6.07) is 17.8. The van der Waals surface area contributed by atoms with E-state index in [4.69, 9.17) is 14.2 Å². The third-order valence-corrected chi connectivity index (χ3v) is 4.59. The third-order valence-electron chi connectivity index (χ3n) is 4.59. The zero-order chi connectivity index (χ0) is 21.1. The molecule has 1 aromatic heterocycles. The number of benzene rings is 3. The molecule has 30 heavy (non-hydrogen) atoms. The first-order valence-corrected chi connectivity index (χ1v) is 9.16. The Balaban J connectivity index is 1.57. The molecule has 3 aromatic carbocycles. The van der Waals surface area contributed by atoms with E-state index in [-0.39, 0.29) is 5.91 Å². The number of fused-ring (bicyclic) bond motifs is 1. The molecule has 0 saturated carbocycles. The van der Waals surface area contributed by atoms with Crippen LogP contribution in [0.25, 0.3) is 16.7 Å². The molecule has 0 atom stereocenters. The van der Waals surface area contributed by atoms with E-state index in [2.05, 4.69) is 15.5 Å². The number of anilines is 1. The van der Waals surface area contributed by atoms with Gasteiger partial charge in [0.05, 0.1) is 27.0 Å². The normalized spacial score (nSPS) is 10.6. The van der Waals surface area contributed by atoms with Crippen molar-refractivity contribution >= 4 is 22.6 Å². The van der Waals surface area contributed by atoms with Gasteiger partial charge in [0.1, 0.15) is 16.8 Å². The van der Waals surface area contributed by atoms with Crippen LogP contribution < -0.4 is 19.5 Å². The number of hydrogen-bond donors (Lipinski definition) is 1. The molecule has 0 aliphatic rings. The highest BCUT2D eigenvalue weighted by molar-refractivity contribution is 6.05. The van der Waals surface area contributed by atoms with Crippen molar-refractivity contribution in [1.82, 2.24) is 15.0 Å². The Morgan fingerprint density at radius 1 is 0.800 bits per heavy atom. The van der Waals surface area contributed by atoms with E-state index in [1.54, 1.807) is 49.3 Å². The fraction of sp³-hybridized carbons (Fsp3) is 0.136. The van der Waals surface area contributed by atoms with E-state index in [0.717, 1.165) is 17.0 Å². The minimum absolute atomic E-state index is 0.266. The molecule has 0 radical (unpaired) electrons. The van der Waals surface area contributed by atoms with E-state index in [1.807, 2.05) is 30.3 Å². The average Bonchev–Trinajstić information content (AvgIpc) is 3.22. The van der Waals surface area contributed by atoms with Gasteiger partial charge in [-0.15, -0.1) is 10.2 Å². The van der Waals surface area contributed by atoms with Gasteiger partial charge in [-0.3, -0.25) is 4.79 Å². The van der Waals surface area contributed by atoms with Crippen LogP contribution >= 0.6 is 0 Å². The second kappa shape index (κ2) is 8.12. The molecule has 4 rings (SSSR count). The van der Waals surface area contributed by atoms with Crippen molar-refractivity contribution in [2.24, 2.45) is 0 Å². The smallest absolute Gasteiger partial charge is 0.255 e. The number of nitrogens with zero attached hydrogens (tertiary/aromatic N) is 3. The largest absolute Gasteiger partial charge is 0.497 e. The average molecular weight is 404 g/mol.